The lowest BCUT2D eigenvalue weighted by Gasteiger charge is -2.06. The topological polar surface area (TPSA) is 50.1 Å². The first-order chi connectivity index (χ1) is 8.51. The van der Waals surface area contributed by atoms with E-state index >= 15 is 0 Å². The van der Waals surface area contributed by atoms with E-state index in [0.29, 0.717) is 21.2 Å². The molecule has 0 aliphatic rings. The number of halogens is 2. The van der Waals surface area contributed by atoms with E-state index < -0.39 is 5.97 Å². The second-order valence-corrected chi connectivity index (χ2v) is 4.28. The predicted octanol–water partition coefficient (Wildman–Crippen LogP) is 3.85. The zero-order chi connectivity index (χ0) is 13.7. The van der Waals surface area contributed by atoms with Gasteiger partial charge >= 0.3 is 5.97 Å². The van der Waals surface area contributed by atoms with Crippen molar-refractivity contribution >= 4 is 34.7 Å². The van der Waals surface area contributed by atoms with Gasteiger partial charge in [-0.25, -0.2) is 4.79 Å². The molecule has 0 fully saturated rings. The average molecular weight is 284 g/mol. The van der Waals surface area contributed by atoms with E-state index in [-0.39, 0.29) is 12.2 Å². The molecule has 0 spiro atoms. The van der Waals surface area contributed by atoms with Gasteiger partial charge in [0.1, 0.15) is 11.6 Å². The number of carbonyl (C=O) groups is 1. The van der Waals surface area contributed by atoms with Gasteiger partial charge in [-0.15, -0.1) is 0 Å². The van der Waals surface area contributed by atoms with Gasteiger partial charge in [0.2, 0.25) is 0 Å². The van der Waals surface area contributed by atoms with E-state index in [2.05, 4.69) is 0 Å². The van der Waals surface area contributed by atoms with Crippen LogP contribution >= 0.6 is 23.2 Å². The van der Waals surface area contributed by atoms with Crippen molar-refractivity contribution in [1.29, 1.82) is 5.26 Å². The third kappa shape index (κ3) is 3.25. The Balaban J connectivity index is 3.23. The third-order valence-corrected chi connectivity index (χ3v) is 3.06. The predicted molar refractivity (Wildman–Crippen MR) is 71.3 cm³/mol. The Bertz CT molecular complexity index is 544. The fourth-order valence-electron chi connectivity index (χ4n) is 1.36. The molecule has 0 saturated heterocycles. The van der Waals surface area contributed by atoms with Gasteiger partial charge in [-0.2, -0.15) is 5.26 Å². The molecule has 5 heteroatoms. The zero-order valence-corrected chi connectivity index (χ0v) is 11.5. The van der Waals surface area contributed by atoms with Crippen LogP contribution in [0.15, 0.2) is 23.8 Å². The van der Waals surface area contributed by atoms with Gasteiger partial charge in [0.25, 0.3) is 0 Å². The fraction of sp³-hybridized carbons (Fsp3) is 0.231. The Morgan fingerprint density at radius 1 is 1.39 bits per heavy atom. The lowest BCUT2D eigenvalue weighted by molar-refractivity contribution is -0.137. The standard InChI is InChI=1S/C13H11Cl2NO2/c1-3-18-13(17)10(7-16)8(2)9-4-5-11(14)12(15)6-9/h4-6H,3H2,1-2H3. The maximum atomic E-state index is 11.6. The second kappa shape index (κ2) is 6.44. The number of benzene rings is 1. The second-order valence-electron chi connectivity index (χ2n) is 3.46. The number of carbonyl (C=O) groups excluding carboxylic acids is 1. The highest BCUT2D eigenvalue weighted by molar-refractivity contribution is 6.42. The summed E-state index contributed by atoms with van der Waals surface area (Å²) in [6.45, 7) is 3.56. The maximum absolute atomic E-state index is 11.6. The van der Waals surface area contributed by atoms with Crippen LogP contribution in [0.1, 0.15) is 19.4 Å². The third-order valence-electron chi connectivity index (χ3n) is 2.32. The first-order valence-corrected chi connectivity index (χ1v) is 6.00. The van der Waals surface area contributed by atoms with Crippen LogP contribution in [0.25, 0.3) is 5.57 Å². The van der Waals surface area contributed by atoms with Gasteiger partial charge in [0.15, 0.2) is 0 Å². The Hall–Kier alpha value is -1.50. The van der Waals surface area contributed by atoms with Crippen molar-refractivity contribution in [1.82, 2.24) is 0 Å². The summed E-state index contributed by atoms with van der Waals surface area (Å²) in [6.07, 6.45) is 0. The quantitative estimate of drug-likeness (QED) is 0.481. The van der Waals surface area contributed by atoms with E-state index in [1.54, 1.807) is 32.0 Å². The van der Waals surface area contributed by atoms with Gasteiger partial charge < -0.3 is 4.74 Å². The first-order valence-electron chi connectivity index (χ1n) is 5.24. The summed E-state index contributed by atoms with van der Waals surface area (Å²) < 4.78 is 4.81. The summed E-state index contributed by atoms with van der Waals surface area (Å²) in [4.78, 5) is 11.6. The Labute approximate surface area is 116 Å². The molecule has 3 nitrogen and oxygen atoms in total. The van der Waals surface area contributed by atoms with Crippen molar-refractivity contribution in [2.45, 2.75) is 13.8 Å². The lowest BCUT2D eigenvalue weighted by Crippen LogP contribution is -2.08. The van der Waals surface area contributed by atoms with Gasteiger partial charge in [-0.1, -0.05) is 29.3 Å². The molecule has 0 unspecified atom stereocenters. The molecular formula is C13H11Cl2NO2. The zero-order valence-electron chi connectivity index (χ0n) is 9.96. The van der Waals surface area contributed by atoms with Crippen LogP contribution < -0.4 is 0 Å². The van der Waals surface area contributed by atoms with E-state index in [4.69, 9.17) is 33.2 Å². The van der Waals surface area contributed by atoms with Crippen molar-refractivity contribution in [3.63, 3.8) is 0 Å². The van der Waals surface area contributed by atoms with Crippen LogP contribution in [0.4, 0.5) is 0 Å². The van der Waals surface area contributed by atoms with Crippen LogP contribution in [0, 0.1) is 11.3 Å². The molecule has 0 bridgehead atoms. The molecule has 18 heavy (non-hydrogen) atoms. The summed E-state index contributed by atoms with van der Waals surface area (Å²) in [7, 11) is 0. The monoisotopic (exact) mass is 283 g/mol. The van der Waals surface area contributed by atoms with Crippen molar-refractivity contribution in [2.24, 2.45) is 0 Å². The lowest BCUT2D eigenvalue weighted by atomic mass is 10.0. The van der Waals surface area contributed by atoms with Gasteiger partial charge in [0.05, 0.1) is 16.7 Å². The fourth-order valence-corrected chi connectivity index (χ4v) is 1.66. The molecular weight excluding hydrogens is 273 g/mol. The summed E-state index contributed by atoms with van der Waals surface area (Å²) >= 11 is 11.7. The smallest absolute Gasteiger partial charge is 0.349 e. The first kappa shape index (κ1) is 14.6. The number of esters is 1. The average Bonchev–Trinajstić information content (AvgIpc) is 2.33. The molecule has 0 radical (unpaired) electrons. The molecule has 0 aliphatic carbocycles. The number of hydrogen-bond donors (Lipinski definition) is 0. The van der Waals surface area contributed by atoms with Crippen molar-refractivity contribution in [2.75, 3.05) is 6.61 Å². The highest BCUT2D eigenvalue weighted by Gasteiger charge is 2.15. The number of rotatable bonds is 3. The van der Waals surface area contributed by atoms with Crippen molar-refractivity contribution in [3.05, 3.63) is 39.4 Å². The van der Waals surface area contributed by atoms with Crippen LogP contribution in [0.2, 0.25) is 10.0 Å². The summed E-state index contributed by atoms with van der Waals surface area (Å²) in [5.74, 6) is -0.636. The molecule has 94 valence electrons. The van der Waals surface area contributed by atoms with Gasteiger partial charge in [-0.05, 0) is 37.1 Å². The van der Waals surface area contributed by atoms with Crippen LogP contribution in [0.3, 0.4) is 0 Å². The largest absolute Gasteiger partial charge is 0.462 e. The van der Waals surface area contributed by atoms with Crippen molar-refractivity contribution in [3.8, 4) is 6.07 Å². The molecule has 1 rings (SSSR count). The summed E-state index contributed by atoms with van der Waals surface area (Å²) in [5, 5.41) is 9.80. The van der Waals surface area contributed by atoms with Crippen molar-refractivity contribution < 1.29 is 9.53 Å². The van der Waals surface area contributed by atoms with Crippen LogP contribution in [-0.2, 0) is 9.53 Å². The highest BCUT2D eigenvalue weighted by Crippen LogP contribution is 2.27. The SMILES string of the molecule is CCOC(=O)C(C#N)=C(C)c1ccc(Cl)c(Cl)c1. The molecule has 1 aromatic carbocycles. The highest BCUT2D eigenvalue weighted by atomic mass is 35.5. The minimum Gasteiger partial charge on any atom is -0.462 e. The van der Waals surface area contributed by atoms with Gasteiger partial charge in [-0.3, -0.25) is 0 Å². The number of nitrogens with zero attached hydrogens (tertiary/aromatic N) is 1. The number of hydrogen-bond acceptors (Lipinski definition) is 3. The van der Waals surface area contributed by atoms with E-state index in [0.717, 1.165) is 0 Å². The molecule has 0 atom stereocenters. The van der Waals surface area contributed by atoms with Gasteiger partial charge in [0, 0.05) is 0 Å². The molecule has 0 amide bonds. The minimum absolute atomic E-state index is 0.0322. The number of ether oxygens (including phenoxy) is 1. The maximum Gasteiger partial charge on any atom is 0.349 e. The van der Waals surface area contributed by atoms with Crippen LogP contribution in [-0.4, -0.2) is 12.6 Å². The molecule has 0 N–H and O–H groups in total. The van der Waals surface area contributed by atoms with E-state index in [1.807, 2.05) is 6.07 Å². The van der Waals surface area contributed by atoms with E-state index in [9.17, 15) is 4.79 Å². The summed E-state index contributed by atoms with van der Waals surface area (Å²) in [5.41, 5.74) is 1.14. The normalized spacial score (nSPS) is 11.5. The molecule has 0 saturated carbocycles. The van der Waals surface area contributed by atoms with E-state index in [1.165, 1.54) is 0 Å². The Morgan fingerprint density at radius 2 is 2.06 bits per heavy atom. The Kier molecular flexibility index (Phi) is 5.21. The number of allylic oxidation sites excluding steroid dienone is 1. The van der Waals surface area contributed by atoms with Crippen LogP contribution in [0.5, 0.6) is 0 Å². The number of nitriles is 1. The molecule has 0 aliphatic heterocycles. The Morgan fingerprint density at radius 3 is 2.56 bits per heavy atom. The summed E-state index contributed by atoms with van der Waals surface area (Å²) in [6, 6.07) is 6.76. The molecule has 1 aromatic rings. The molecule has 0 heterocycles. The minimum atomic E-state index is -0.636. The molecule has 0 aromatic heterocycles.